The highest BCUT2D eigenvalue weighted by atomic mass is 16.3. The highest BCUT2D eigenvalue weighted by Crippen LogP contribution is 2.13. The average molecular weight is 231 g/mol. The van der Waals surface area contributed by atoms with E-state index in [1.165, 1.54) is 11.1 Å². The lowest BCUT2D eigenvalue weighted by Crippen LogP contribution is -2.02. The second-order valence-electron chi connectivity index (χ2n) is 4.19. The number of hydrogen-bond acceptors (Lipinski definition) is 3. The van der Waals surface area contributed by atoms with Crippen LogP contribution in [0.5, 0.6) is 0 Å². The van der Waals surface area contributed by atoms with Crippen LogP contribution in [0.4, 0.5) is 0 Å². The summed E-state index contributed by atoms with van der Waals surface area (Å²) in [6.07, 6.45) is 1.95. The Kier molecular flexibility index (Phi) is 3.54. The summed E-state index contributed by atoms with van der Waals surface area (Å²) in [4.78, 5) is 0. The minimum absolute atomic E-state index is 0.513. The molecule has 1 unspecified atom stereocenters. The van der Waals surface area contributed by atoms with Gasteiger partial charge < -0.3 is 5.11 Å². The molecule has 0 saturated carbocycles. The molecule has 90 valence electrons. The Morgan fingerprint density at radius 3 is 2.82 bits per heavy atom. The van der Waals surface area contributed by atoms with E-state index in [1.807, 2.05) is 19.1 Å². The van der Waals surface area contributed by atoms with Crippen LogP contribution in [0.15, 0.2) is 30.5 Å². The molecule has 4 nitrogen and oxygen atoms in total. The van der Waals surface area contributed by atoms with Gasteiger partial charge in [0.25, 0.3) is 0 Å². The number of aromatic nitrogens is 3. The molecule has 1 N–H and O–H groups in total. The Hall–Kier alpha value is -1.68. The van der Waals surface area contributed by atoms with Crippen molar-refractivity contribution < 1.29 is 5.11 Å². The molecule has 0 aliphatic rings. The van der Waals surface area contributed by atoms with Gasteiger partial charge >= 0.3 is 0 Å². The molecule has 1 aromatic carbocycles. The zero-order chi connectivity index (χ0) is 12.3. The molecule has 0 aliphatic carbocycles. The van der Waals surface area contributed by atoms with Crippen molar-refractivity contribution in [3.05, 3.63) is 47.3 Å². The summed E-state index contributed by atoms with van der Waals surface area (Å²) in [6.45, 7) is 4.69. The van der Waals surface area contributed by atoms with Crippen molar-refractivity contribution in [2.75, 3.05) is 0 Å². The van der Waals surface area contributed by atoms with Gasteiger partial charge in [0, 0.05) is 0 Å². The Morgan fingerprint density at radius 2 is 2.12 bits per heavy atom. The fourth-order valence-corrected chi connectivity index (χ4v) is 1.71. The van der Waals surface area contributed by atoms with Crippen LogP contribution in [0.25, 0.3) is 0 Å². The molecular formula is C13H17N3O. The molecule has 0 saturated heterocycles. The first kappa shape index (κ1) is 11.8. The third-order valence-electron chi connectivity index (χ3n) is 2.88. The number of nitrogens with zero attached hydrogens (tertiary/aromatic N) is 3. The summed E-state index contributed by atoms with van der Waals surface area (Å²) in [5, 5.41) is 17.7. The van der Waals surface area contributed by atoms with Gasteiger partial charge in [-0.1, -0.05) is 36.4 Å². The molecule has 0 spiro atoms. The molecule has 1 heterocycles. The molecule has 0 fully saturated rings. The van der Waals surface area contributed by atoms with Crippen molar-refractivity contribution >= 4 is 0 Å². The lowest BCUT2D eigenvalue weighted by Gasteiger charge is -2.04. The standard InChI is InChI=1S/C13H17N3O/c1-3-13(17)12-9-16(15-14-12)8-11-7-5-4-6-10(11)2/h4-7,9,13,17H,3,8H2,1-2H3. The van der Waals surface area contributed by atoms with Crippen LogP contribution >= 0.6 is 0 Å². The molecule has 0 radical (unpaired) electrons. The maximum Gasteiger partial charge on any atom is 0.111 e. The van der Waals surface area contributed by atoms with Crippen LogP contribution in [-0.4, -0.2) is 20.1 Å². The monoisotopic (exact) mass is 231 g/mol. The van der Waals surface area contributed by atoms with Gasteiger partial charge in [-0.15, -0.1) is 5.10 Å². The Morgan fingerprint density at radius 1 is 1.35 bits per heavy atom. The smallest absolute Gasteiger partial charge is 0.111 e. The summed E-state index contributed by atoms with van der Waals surface area (Å²) in [5.41, 5.74) is 3.09. The van der Waals surface area contributed by atoms with Crippen LogP contribution in [0.3, 0.4) is 0 Å². The maximum absolute atomic E-state index is 9.65. The molecule has 0 bridgehead atoms. The van der Waals surface area contributed by atoms with Gasteiger partial charge in [0.15, 0.2) is 0 Å². The maximum atomic E-state index is 9.65. The molecule has 4 heteroatoms. The molecule has 0 amide bonds. The second-order valence-corrected chi connectivity index (χ2v) is 4.19. The third kappa shape index (κ3) is 2.71. The van der Waals surface area contributed by atoms with Gasteiger partial charge in [0.1, 0.15) is 5.69 Å². The van der Waals surface area contributed by atoms with E-state index in [9.17, 15) is 5.11 Å². The Balaban J connectivity index is 2.14. The first-order valence-electron chi connectivity index (χ1n) is 5.83. The van der Waals surface area contributed by atoms with Crippen molar-refractivity contribution in [3.8, 4) is 0 Å². The SMILES string of the molecule is CCC(O)c1cn(Cc2ccccc2C)nn1. The van der Waals surface area contributed by atoms with Gasteiger partial charge in [0.2, 0.25) is 0 Å². The lowest BCUT2D eigenvalue weighted by atomic mass is 10.1. The van der Waals surface area contributed by atoms with Crippen molar-refractivity contribution in [1.82, 2.24) is 15.0 Å². The molecule has 2 aromatic rings. The van der Waals surface area contributed by atoms with E-state index in [0.29, 0.717) is 18.7 Å². The summed E-state index contributed by atoms with van der Waals surface area (Å²) in [5.74, 6) is 0. The third-order valence-corrected chi connectivity index (χ3v) is 2.88. The number of hydrogen-bond donors (Lipinski definition) is 1. The number of aliphatic hydroxyl groups is 1. The fourth-order valence-electron chi connectivity index (χ4n) is 1.71. The highest BCUT2D eigenvalue weighted by molar-refractivity contribution is 5.25. The van der Waals surface area contributed by atoms with Crippen LogP contribution in [-0.2, 0) is 6.54 Å². The van der Waals surface area contributed by atoms with E-state index in [2.05, 4.69) is 29.4 Å². The average Bonchev–Trinajstić information content (AvgIpc) is 2.80. The van der Waals surface area contributed by atoms with Crippen molar-refractivity contribution in [2.45, 2.75) is 32.9 Å². The van der Waals surface area contributed by atoms with Gasteiger partial charge in [-0.05, 0) is 24.5 Å². The topological polar surface area (TPSA) is 50.9 Å². The number of rotatable bonds is 4. The number of aliphatic hydroxyl groups excluding tert-OH is 1. The van der Waals surface area contributed by atoms with E-state index in [-0.39, 0.29) is 0 Å². The summed E-state index contributed by atoms with van der Waals surface area (Å²) in [6, 6.07) is 8.19. The fraction of sp³-hybridized carbons (Fsp3) is 0.385. The first-order valence-corrected chi connectivity index (χ1v) is 5.83. The zero-order valence-electron chi connectivity index (χ0n) is 10.2. The summed E-state index contributed by atoms with van der Waals surface area (Å²) < 4.78 is 1.76. The van der Waals surface area contributed by atoms with Gasteiger partial charge in [-0.25, -0.2) is 4.68 Å². The number of aryl methyl sites for hydroxylation is 1. The molecule has 17 heavy (non-hydrogen) atoms. The molecule has 1 aromatic heterocycles. The van der Waals surface area contributed by atoms with E-state index in [0.717, 1.165) is 0 Å². The van der Waals surface area contributed by atoms with Gasteiger partial charge in [0.05, 0.1) is 18.8 Å². The van der Waals surface area contributed by atoms with Crippen molar-refractivity contribution in [3.63, 3.8) is 0 Å². The molecule has 1 atom stereocenters. The Labute approximate surface area is 101 Å². The van der Waals surface area contributed by atoms with Crippen molar-refractivity contribution in [2.24, 2.45) is 0 Å². The van der Waals surface area contributed by atoms with Crippen LogP contribution in [0.2, 0.25) is 0 Å². The van der Waals surface area contributed by atoms with Crippen molar-refractivity contribution in [1.29, 1.82) is 0 Å². The Bertz CT molecular complexity index is 493. The number of benzene rings is 1. The van der Waals surface area contributed by atoms with Crippen LogP contribution in [0.1, 0.15) is 36.3 Å². The predicted molar refractivity (Wildman–Crippen MR) is 65.6 cm³/mol. The van der Waals surface area contributed by atoms with Gasteiger partial charge in [-0.2, -0.15) is 0 Å². The largest absolute Gasteiger partial charge is 0.387 e. The summed E-state index contributed by atoms with van der Waals surface area (Å²) in [7, 11) is 0. The lowest BCUT2D eigenvalue weighted by molar-refractivity contribution is 0.168. The second kappa shape index (κ2) is 5.10. The summed E-state index contributed by atoms with van der Waals surface area (Å²) >= 11 is 0. The van der Waals surface area contributed by atoms with E-state index < -0.39 is 6.10 Å². The minimum Gasteiger partial charge on any atom is -0.387 e. The van der Waals surface area contributed by atoms with Crippen LogP contribution < -0.4 is 0 Å². The minimum atomic E-state index is -0.513. The van der Waals surface area contributed by atoms with Crippen LogP contribution in [0, 0.1) is 6.92 Å². The molecular weight excluding hydrogens is 214 g/mol. The van der Waals surface area contributed by atoms with E-state index in [4.69, 9.17) is 0 Å². The molecule has 2 rings (SSSR count). The van der Waals surface area contributed by atoms with Gasteiger partial charge in [-0.3, -0.25) is 0 Å². The predicted octanol–water partition coefficient (Wildman–Crippen LogP) is 2.08. The van der Waals surface area contributed by atoms with E-state index >= 15 is 0 Å². The quantitative estimate of drug-likeness (QED) is 0.876. The first-order chi connectivity index (χ1) is 8.20. The zero-order valence-corrected chi connectivity index (χ0v) is 10.2. The normalized spacial score (nSPS) is 12.6. The molecule has 0 aliphatic heterocycles. The highest BCUT2D eigenvalue weighted by Gasteiger charge is 2.09. The van der Waals surface area contributed by atoms with E-state index in [1.54, 1.807) is 10.9 Å².